The maximum Gasteiger partial charge on any atom is 0.275 e. The van der Waals surface area contributed by atoms with Crippen LogP contribution in [0.2, 0.25) is 0 Å². The predicted molar refractivity (Wildman–Crippen MR) is 81.5 cm³/mol. The summed E-state index contributed by atoms with van der Waals surface area (Å²) in [6.45, 7) is 7.86. The van der Waals surface area contributed by atoms with E-state index in [1.54, 1.807) is 6.92 Å². The lowest BCUT2D eigenvalue weighted by Crippen LogP contribution is -2.36. The first-order chi connectivity index (χ1) is 10.0. The van der Waals surface area contributed by atoms with Gasteiger partial charge in [0, 0.05) is 18.3 Å². The first-order valence-corrected chi connectivity index (χ1v) is 7.70. The molecule has 0 fully saturated rings. The van der Waals surface area contributed by atoms with Crippen LogP contribution in [0.1, 0.15) is 24.5 Å². The molecule has 8 heteroatoms. The maximum atomic E-state index is 11.8. The van der Waals surface area contributed by atoms with Crippen LogP contribution in [0.25, 0.3) is 4.96 Å². The molecule has 0 aliphatic heterocycles. The van der Waals surface area contributed by atoms with Gasteiger partial charge in [0.15, 0.2) is 0 Å². The van der Waals surface area contributed by atoms with Crippen LogP contribution in [-0.2, 0) is 11.3 Å². The van der Waals surface area contributed by atoms with Gasteiger partial charge in [-0.2, -0.15) is 9.61 Å². The topological polar surface area (TPSA) is 79.6 Å². The number of aromatic nitrogens is 3. The highest BCUT2D eigenvalue weighted by molar-refractivity contribution is 7.16. The van der Waals surface area contributed by atoms with E-state index in [9.17, 15) is 9.59 Å². The lowest BCUT2D eigenvalue weighted by Gasteiger charge is -2.17. The molecule has 2 heterocycles. The molecule has 0 unspecified atom stereocenters. The Kier molecular flexibility index (Phi) is 5.03. The zero-order valence-electron chi connectivity index (χ0n) is 12.4. The standard InChI is InChI=1S/C13H19N5O2S/c1-4-14-10(19)7-17(5-2)8-11-16-18-12(20)6-9(3)15-13(18)21-11/h6H,4-5,7-8H2,1-3H3,(H,14,19). The average molecular weight is 309 g/mol. The Morgan fingerprint density at radius 3 is 2.90 bits per heavy atom. The fourth-order valence-electron chi connectivity index (χ4n) is 1.95. The fourth-order valence-corrected chi connectivity index (χ4v) is 2.94. The summed E-state index contributed by atoms with van der Waals surface area (Å²) in [6.07, 6.45) is 0. The molecule has 0 aromatic carbocycles. The van der Waals surface area contributed by atoms with Crippen molar-refractivity contribution in [2.24, 2.45) is 0 Å². The zero-order chi connectivity index (χ0) is 15.4. The fraction of sp³-hybridized carbons (Fsp3) is 0.538. The van der Waals surface area contributed by atoms with E-state index in [4.69, 9.17) is 0 Å². The first-order valence-electron chi connectivity index (χ1n) is 6.89. The molecular formula is C13H19N5O2S. The van der Waals surface area contributed by atoms with Crippen LogP contribution in [0.3, 0.4) is 0 Å². The van der Waals surface area contributed by atoms with Crippen LogP contribution in [0, 0.1) is 6.92 Å². The van der Waals surface area contributed by atoms with Gasteiger partial charge in [-0.15, -0.1) is 0 Å². The van der Waals surface area contributed by atoms with Gasteiger partial charge in [-0.3, -0.25) is 14.5 Å². The molecule has 0 aliphatic carbocycles. The summed E-state index contributed by atoms with van der Waals surface area (Å²) >= 11 is 1.38. The van der Waals surface area contributed by atoms with Crippen molar-refractivity contribution in [2.45, 2.75) is 27.3 Å². The molecule has 21 heavy (non-hydrogen) atoms. The summed E-state index contributed by atoms with van der Waals surface area (Å²) in [7, 11) is 0. The quantitative estimate of drug-likeness (QED) is 0.836. The number of amides is 1. The van der Waals surface area contributed by atoms with Gasteiger partial charge in [-0.1, -0.05) is 18.3 Å². The molecular weight excluding hydrogens is 290 g/mol. The molecule has 1 N–H and O–H groups in total. The Morgan fingerprint density at radius 1 is 1.48 bits per heavy atom. The van der Waals surface area contributed by atoms with Gasteiger partial charge in [0.2, 0.25) is 10.9 Å². The molecule has 2 rings (SSSR count). The van der Waals surface area contributed by atoms with E-state index in [2.05, 4.69) is 15.4 Å². The molecule has 7 nitrogen and oxygen atoms in total. The first kappa shape index (κ1) is 15.6. The van der Waals surface area contributed by atoms with Gasteiger partial charge in [0.05, 0.1) is 13.1 Å². The summed E-state index contributed by atoms with van der Waals surface area (Å²) in [6, 6.07) is 1.46. The minimum Gasteiger partial charge on any atom is -0.355 e. The lowest BCUT2D eigenvalue weighted by molar-refractivity contribution is -0.122. The highest BCUT2D eigenvalue weighted by Gasteiger charge is 2.13. The second kappa shape index (κ2) is 6.77. The number of fused-ring (bicyclic) bond motifs is 1. The summed E-state index contributed by atoms with van der Waals surface area (Å²) < 4.78 is 1.31. The average Bonchev–Trinajstić information content (AvgIpc) is 2.81. The van der Waals surface area contributed by atoms with Gasteiger partial charge < -0.3 is 5.32 Å². The molecule has 0 spiro atoms. The van der Waals surface area contributed by atoms with Crippen LogP contribution in [0.5, 0.6) is 0 Å². The van der Waals surface area contributed by atoms with Gasteiger partial charge >= 0.3 is 0 Å². The summed E-state index contributed by atoms with van der Waals surface area (Å²) in [5.41, 5.74) is 0.511. The van der Waals surface area contributed by atoms with Crippen LogP contribution in [-0.4, -0.2) is 45.0 Å². The Labute approximate surface area is 126 Å². The van der Waals surface area contributed by atoms with E-state index >= 15 is 0 Å². The van der Waals surface area contributed by atoms with E-state index < -0.39 is 0 Å². The van der Waals surface area contributed by atoms with Crippen molar-refractivity contribution in [3.05, 3.63) is 27.1 Å². The van der Waals surface area contributed by atoms with E-state index in [0.717, 1.165) is 11.6 Å². The van der Waals surface area contributed by atoms with Gasteiger partial charge in [0.25, 0.3) is 5.56 Å². The third-order valence-corrected chi connectivity index (χ3v) is 3.86. The second-order valence-electron chi connectivity index (χ2n) is 4.68. The molecule has 0 bridgehead atoms. The number of likely N-dealkylation sites (N-methyl/N-ethyl adjacent to an activating group) is 2. The Bertz CT molecular complexity index is 693. The smallest absolute Gasteiger partial charge is 0.275 e. The number of nitrogens with zero attached hydrogens (tertiary/aromatic N) is 4. The summed E-state index contributed by atoms with van der Waals surface area (Å²) in [5, 5.41) is 7.83. The Hall–Kier alpha value is -1.80. The molecule has 0 atom stereocenters. The van der Waals surface area contributed by atoms with Crippen molar-refractivity contribution in [1.29, 1.82) is 0 Å². The highest BCUT2D eigenvalue weighted by atomic mass is 32.1. The number of carbonyl (C=O) groups is 1. The molecule has 1 amide bonds. The number of hydrogen-bond acceptors (Lipinski definition) is 6. The molecule has 0 saturated heterocycles. The maximum absolute atomic E-state index is 11.8. The third-order valence-electron chi connectivity index (χ3n) is 2.96. The van der Waals surface area contributed by atoms with Crippen molar-refractivity contribution >= 4 is 22.2 Å². The number of rotatable bonds is 6. The third kappa shape index (κ3) is 3.85. The lowest BCUT2D eigenvalue weighted by atomic mass is 10.4. The number of nitrogens with one attached hydrogen (secondary N) is 1. The minimum absolute atomic E-state index is 0.00778. The highest BCUT2D eigenvalue weighted by Crippen LogP contribution is 2.13. The van der Waals surface area contributed by atoms with E-state index in [-0.39, 0.29) is 11.5 Å². The summed E-state index contributed by atoms with van der Waals surface area (Å²) in [5.74, 6) is -0.00778. The van der Waals surface area contributed by atoms with Gasteiger partial charge in [0.1, 0.15) is 5.01 Å². The number of hydrogen-bond donors (Lipinski definition) is 1. The summed E-state index contributed by atoms with van der Waals surface area (Å²) in [4.78, 5) is 30.3. The van der Waals surface area contributed by atoms with Crippen LogP contribution < -0.4 is 10.9 Å². The van der Waals surface area contributed by atoms with Crippen LogP contribution in [0.4, 0.5) is 0 Å². The molecule has 2 aromatic heterocycles. The van der Waals surface area contributed by atoms with Gasteiger partial charge in [-0.05, 0) is 20.4 Å². The largest absolute Gasteiger partial charge is 0.355 e. The Morgan fingerprint density at radius 2 is 2.24 bits per heavy atom. The monoisotopic (exact) mass is 309 g/mol. The zero-order valence-corrected chi connectivity index (χ0v) is 13.2. The molecule has 0 aliphatic rings. The molecule has 0 radical (unpaired) electrons. The molecule has 2 aromatic rings. The second-order valence-corrected chi connectivity index (χ2v) is 5.72. The van der Waals surface area contributed by atoms with Gasteiger partial charge in [-0.25, -0.2) is 4.98 Å². The SMILES string of the molecule is CCNC(=O)CN(CC)Cc1nn2c(=O)cc(C)nc2s1. The van der Waals surface area contributed by atoms with Crippen molar-refractivity contribution in [3.8, 4) is 0 Å². The van der Waals surface area contributed by atoms with E-state index in [1.807, 2.05) is 18.7 Å². The molecule has 114 valence electrons. The normalized spacial score (nSPS) is 11.2. The van der Waals surface area contributed by atoms with E-state index in [0.29, 0.717) is 30.3 Å². The van der Waals surface area contributed by atoms with Crippen molar-refractivity contribution < 1.29 is 4.79 Å². The van der Waals surface area contributed by atoms with Crippen molar-refractivity contribution in [1.82, 2.24) is 24.8 Å². The van der Waals surface area contributed by atoms with Crippen LogP contribution in [0.15, 0.2) is 10.9 Å². The van der Waals surface area contributed by atoms with E-state index in [1.165, 1.54) is 21.9 Å². The molecule has 0 saturated carbocycles. The van der Waals surface area contributed by atoms with Crippen molar-refractivity contribution in [3.63, 3.8) is 0 Å². The number of carbonyl (C=O) groups excluding carboxylic acids is 1. The van der Waals surface area contributed by atoms with Crippen molar-refractivity contribution in [2.75, 3.05) is 19.6 Å². The minimum atomic E-state index is -0.174. The van der Waals surface area contributed by atoms with Crippen LogP contribution >= 0.6 is 11.3 Å². The Balaban J connectivity index is 2.16. The predicted octanol–water partition coefficient (Wildman–Crippen LogP) is 0.417. The number of aryl methyl sites for hydroxylation is 1.